The SMILES string of the molecule is CO.COc1ccc2c(c1)CCN1C(=O)C(NC(=O)c3ccccc3NC(=O)OCc3ccccc3)CCC(C)C21. The molecule has 3 aromatic carbocycles. The maximum absolute atomic E-state index is 13.7. The monoisotopic (exact) mass is 559 g/mol. The predicted molar refractivity (Wildman–Crippen MR) is 156 cm³/mol. The molecule has 0 spiro atoms. The Balaban J connectivity index is 0.00000189. The number of nitrogens with one attached hydrogen (secondary N) is 2. The molecule has 1 fully saturated rings. The van der Waals surface area contributed by atoms with Crippen molar-refractivity contribution in [2.45, 2.75) is 44.9 Å². The van der Waals surface area contributed by atoms with Crippen LogP contribution < -0.4 is 15.4 Å². The van der Waals surface area contributed by atoms with Gasteiger partial charge < -0.3 is 24.8 Å². The van der Waals surface area contributed by atoms with Crippen LogP contribution in [0.2, 0.25) is 0 Å². The van der Waals surface area contributed by atoms with E-state index in [1.54, 1.807) is 31.4 Å². The number of hydrogen-bond donors (Lipinski definition) is 3. The van der Waals surface area contributed by atoms with Gasteiger partial charge in [0, 0.05) is 13.7 Å². The molecule has 9 nitrogen and oxygen atoms in total. The van der Waals surface area contributed by atoms with Gasteiger partial charge in [0.2, 0.25) is 5.91 Å². The number of aliphatic hydroxyl groups excluding tert-OH is 1. The second-order valence-electron chi connectivity index (χ2n) is 10.1. The van der Waals surface area contributed by atoms with Crippen LogP contribution in [-0.2, 0) is 22.6 Å². The van der Waals surface area contributed by atoms with Crippen LogP contribution in [0.3, 0.4) is 0 Å². The van der Waals surface area contributed by atoms with Gasteiger partial charge in [-0.2, -0.15) is 0 Å². The van der Waals surface area contributed by atoms with E-state index < -0.39 is 18.0 Å². The number of para-hydroxylation sites is 1. The minimum Gasteiger partial charge on any atom is -0.497 e. The normalized spacial score (nSPS) is 19.4. The van der Waals surface area contributed by atoms with Crippen molar-refractivity contribution in [3.8, 4) is 5.75 Å². The first-order valence-corrected chi connectivity index (χ1v) is 13.7. The first kappa shape index (κ1) is 29.6. The smallest absolute Gasteiger partial charge is 0.411 e. The van der Waals surface area contributed by atoms with Crippen LogP contribution in [0.15, 0.2) is 72.8 Å². The highest BCUT2D eigenvalue weighted by atomic mass is 16.5. The van der Waals surface area contributed by atoms with Crippen LogP contribution in [0.4, 0.5) is 10.5 Å². The Kier molecular flexibility index (Phi) is 9.97. The molecular formula is C32H37N3O6. The average molecular weight is 560 g/mol. The minimum atomic E-state index is -0.662. The van der Waals surface area contributed by atoms with Crippen LogP contribution in [0, 0.1) is 5.92 Å². The number of nitrogens with zero attached hydrogens (tertiary/aromatic N) is 1. The van der Waals surface area contributed by atoms with Gasteiger partial charge in [0.15, 0.2) is 0 Å². The Morgan fingerprint density at radius 3 is 2.49 bits per heavy atom. The van der Waals surface area contributed by atoms with E-state index >= 15 is 0 Å². The summed E-state index contributed by atoms with van der Waals surface area (Å²) in [6.07, 6.45) is 1.40. The quantitative estimate of drug-likeness (QED) is 0.403. The Morgan fingerprint density at radius 2 is 1.73 bits per heavy atom. The van der Waals surface area contributed by atoms with E-state index in [0.717, 1.165) is 36.8 Å². The molecule has 0 aliphatic carbocycles. The third-order valence-corrected chi connectivity index (χ3v) is 7.58. The molecule has 5 rings (SSSR count). The zero-order chi connectivity index (χ0) is 29.4. The summed E-state index contributed by atoms with van der Waals surface area (Å²) in [5.41, 5.74) is 3.81. The van der Waals surface area contributed by atoms with Gasteiger partial charge in [-0.05, 0) is 66.1 Å². The third kappa shape index (κ3) is 6.86. The lowest BCUT2D eigenvalue weighted by molar-refractivity contribution is -0.136. The number of carbonyl (C=O) groups excluding carboxylic acids is 3. The van der Waals surface area contributed by atoms with Crippen LogP contribution in [0.25, 0.3) is 0 Å². The van der Waals surface area contributed by atoms with E-state index in [2.05, 4.69) is 29.7 Å². The number of rotatable bonds is 6. The van der Waals surface area contributed by atoms with E-state index in [-0.39, 0.29) is 30.0 Å². The van der Waals surface area contributed by atoms with Gasteiger partial charge in [-0.15, -0.1) is 0 Å². The van der Waals surface area contributed by atoms with Gasteiger partial charge in [-0.3, -0.25) is 14.9 Å². The van der Waals surface area contributed by atoms with Crippen LogP contribution in [0.1, 0.15) is 52.9 Å². The minimum absolute atomic E-state index is 0.0394. The molecule has 1 saturated heterocycles. The maximum Gasteiger partial charge on any atom is 0.411 e. The fourth-order valence-electron chi connectivity index (χ4n) is 5.56. The fraction of sp³-hybridized carbons (Fsp3) is 0.344. The lowest BCUT2D eigenvalue weighted by Gasteiger charge is -2.40. The zero-order valence-corrected chi connectivity index (χ0v) is 23.6. The number of ether oxygens (including phenoxy) is 2. The van der Waals surface area contributed by atoms with Crippen LogP contribution >= 0.6 is 0 Å². The molecule has 3 atom stereocenters. The molecule has 41 heavy (non-hydrogen) atoms. The molecule has 0 radical (unpaired) electrons. The number of amides is 3. The van der Waals surface area contributed by atoms with Crippen LogP contribution in [0.5, 0.6) is 5.75 Å². The molecule has 2 heterocycles. The number of benzene rings is 3. The first-order chi connectivity index (χ1) is 19.9. The van der Waals surface area contributed by atoms with E-state index in [0.29, 0.717) is 18.7 Å². The van der Waals surface area contributed by atoms with Crippen molar-refractivity contribution >= 4 is 23.6 Å². The lowest BCUT2D eigenvalue weighted by atomic mass is 9.84. The molecule has 9 heteroatoms. The van der Waals surface area contributed by atoms with Gasteiger partial charge >= 0.3 is 6.09 Å². The van der Waals surface area contributed by atoms with Crippen molar-refractivity contribution in [3.05, 3.63) is 95.1 Å². The van der Waals surface area contributed by atoms with E-state index in [1.165, 1.54) is 5.56 Å². The molecule has 0 saturated carbocycles. The van der Waals surface area contributed by atoms with Crippen LogP contribution in [-0.4, -0.2) is 54.7 Å². The Labute approximate surface area is 240 Å². The standard InChI is InChI=1S/C31H33N3O5.CH4O/c1-20-12-15-27(30(36)34-17-16-22-18-23(38-2)13-14-24(22)28(20)34)32-29(35)25-10-6-7-11-26(25)33-31(37)39-19-21-8-4-3-5-9-21;1-2/h3-11,13-14,18,20,27-28H,12,15-17,19H2,1-2H3,(H,32,35)(H,33,37);2H,1H3. The first-order valence-electron chi connectivity index (χ1n) is 13.7. The van der Waals surface area contributed by atoms with Crippen molar-refractivity contribution in [1.29, 1.82) is 0 Å². The van der Waals surface area contributed by atoms with Crippen molar-refractivity contribution in [1.82, 2.24) is 10.2 Å². The van der Waals surface area contributed by atoms with Crippen molar-refractivity contribution in [3.63, 3.8) is 0 Å². The number of anilines is 1. The fourth-order valence-corrected chi connectivity index (χ4v) is 5.56. The van der Waals surface area contributed by atoms with Gasteiger partial charge in [-0.1, -0.05) is 55.5 Å². The Bertz CT molecular complexity index is 1360. The summed E-state index contributed by atoms with van der Waals surface area (Å²) < 4.78 is 10.7. The average Bonchev–Trinajstić information content (AvgIpc) is 3.13. The molecule has 3 aromatic rings. The molecular weight excluding hydrogens is 522 g/mol. The molecule has 3 amide bonds. The number of fused-ring (bicyclic) bond motifs is 3. The molecule has 3 N–H and O–H groups in total. The largest absolute Gasteiger partial charge is 0.497 e. The molecule has 0 bridgehead atoms. The topological polar surface area (TPSA) is 117 Å². The highest BCUT2D eigenvalue weighted by Crippen LogP contribution is 2.41. The summed E-state index contributed by atoms with van der Waals surface area (Å²) in [5, 5.41) is 12.6. The lowest BCUT2D eigenvalue weighted by Crippen LogP contribution is -2.50. The maximum atomic E-state index is 13.7. The number of hydrogen-bond acceptors (Lipinski definition) is 6. The second kappa shape index (κ2) is 13.8. The van der Waals surface area contributed by atoms with Gasteiger partial charge in [0.05, 0.1) is 24.4 Å². The summed E-state index contributed by atoms with van der Waals surface area (Å²) in [7, 11) is 2.66. The Morgan fingerprint density at radius 1 is 1.00 bits per heavy atom. The second-order valence-corrected chi connectivity index (χ2v) is 10.1. The van der Waals surface area contributed by atoms with Gasteiger partial charge in [0.1, 0.15) is 18.4 Å². The Hall–Kier alpha value is -4.37. The number of methoxy groups -OCH3 is 1. The van der Waals surface area contributed by atoms with E-state index in [4.69, 9.17) is 14.6 Å². The van der Waals surface area contributed by atoms with E-state index in [1.807, 2.05) is 41.3 Å². The highest BCUT2D eigenvalue weighted by molar-refractivity contribution is 6.04. The molecule has 0 aromatic heterocycles. The van der Waals surface area contributed by atoms with Gasteiger partial charge in [-0.25, -0.2) is 4.79 Å². The zero-order valence-electron chi connectivity index (χ0n) is 23.6. The summed E-state index contributed by atoms with van der Waals surface area (Å²) in [6, 6.07) is 21.4. The summed E-state index contributed by atoms with van der Waals surface area (Å²) in [5.74, 6) is 0.556. The van der Waals surface area contributed by atoms with Crippen molar-refractivity contribution < 1.29 is 29.0 Å². The number of aliphatic hydroxyl groups is 1. The molecule has 2 aliphatic rings. The summed E-state index contributed by atoms with van der Waals surface area (Å²) in [6.45, 7) is 2.86. The molecule has 216 valence electrons. The predicted octanol–water partition coefficient (Wildman–Crippen LogP) is 4.71. The highest BCUT2D eigenvalue weighted by Gasteiger charge is 2.40. The van der Waals surface area contributed by atoms with Crippen molar-refractivity contribution in [2.24, 2.45) is 5.92 Å². The summed E-state index contributed by atoms with van der Waals surface area (Å²) in [4.78, 5) is 41.4. The van der Waals surface area contributed by atoms with E-state index in [9.17, 15) is 14.4 Å². The number of carbonyl (C=O) groups is 3. The third-order valence-electron chi connectivity index (χ3n) is 7.58. The summed E-state index contributed by atoms with van der Waals surface area (Å²) >= 11 is 0. The van der Waals surface area contributed by atoms with Gasteiger partial charge in [0.25, 0.3) is 5.91 Å². The van der Waals surface area contributed by atoms with Crippen molar-refractivity contribution in [2.75, 3.05) is 26.1 Å². The molecule has 3 unspecified atom stereocenters. The molecule has 2 aliphatic heterocycles.